The summed E-state index contributed by atoms with van der Waals surface area (Å²) in [4.78, 5) is 0. The molecule has 0 fully saturated rings. The zero-order valence-electron chi connectivity index (χ0n) is 39.5. The molecule has 72 heavy (non-hydrogen) atoms. The summed E-state index contributed by atoms with van der Waals surface area (Å²) in [6, 6.07) is 84.6. The molecule has 0 amide bonds. The van der Waals surface area contributed by atoms with E-state index >= 15 is 0 Å². The number of halogens is 6. The van der Waals surface area contributed by atoms with Gasteiger partial charge >= 0.3 is 12.4 Å². The molecule has 9 aromatic carbocycles. The van der Waals surface area contributed by atoms with Gasteiger partial charge in [0.15, 0.2) is 0 Å². The second-order valence-corrected chi connectivity index (χ2v) is 24.0. The van der Waals surface area contributed by atoms with Crippen molar-refractivity contribution in [3.8, 4) is 5.75 Å². The molecule has 0 spiro atoms. The highest BCUT2D eigenvalue weighted by atomic mass is 31.2. The van der Waals surface area contributed by atoms with Crippen molar-refractivity contribution >= 4 is 53.7 Å². The van der Waals surface area contributed by atoms with Crippen LogP contribution in [0.15, 0.2) is 249 Å². The fourth-order valence-corrected chi connectivity index (χ4v) is 17.1. The van der Waals surface area contributed by atoms with Crippen molar-refractivity contribution in [2.75, 3.05) is 0 Å². The molecule has 0 aromatic heterocycles. The zero-order valence-corrected chi connectivity index (χ0v) is 41.3. The molecule has 0 aliphatic heterocycles. The minimum absolute atomic E-state index is 0.141. The van der Waals surface area contributed by atoms with E-state index < -0.39 is 51.1 Å². The Morgan fingerprint density at radius 3 is 0.806 bits per heavy atom. The van der Waals surface area contributed by atoms with Gasteiger partial charge in [0.05, 0.1) is 29.2 Å². The van der Waals surface area contributed by atoms with Gasteiger partial charge in [-0.05, 0) is 116 Å². The Morgan fingerprint density at radius 1 is 0.361 bits per heavy atom. The number of alkyl halides is 6. The number of rotatable bonds is 12. The van der Waals surface area contributed by atoms with E-state index in [4.69, 9.17) is 0 Å². The fraction of sp³-hybridized carbons (Fsp3) is 0.100. The molecule has 0 heterocycles. The van der Waals surface area contributed by atoms with Crippen molar-refractivity contribution < 1.29 is 41.0 Å². The molecule has 0 radical (unpaired) electrons. The summed E-state index contributed by atoms with van der Waals surface area (Å²) in [5, 5.41) is 28.8. The van der Waals surface area contributed by atoms with Crippen LogP contribution >= 0.6 is 14.5 Å². The molecular formula is C60H51BF6O3P2. The van der Waals surface area contributed by atoms with Crippen LogP contribution in [0.5, 0.6) is 5.75 Å². The predicted octanol–water partition coefficient (Wildman–Crippen LogP) is 11.8. The van der Waals surface area contributed by atoms with Gasteiger partial charge in [0, 0.05) is 0 Å². The number of hydrogen-bond donors (Lipinski definition) is 0. The summed E-state index contributed by atoms with van der Waals surface area (Å²) in [5.74, 6) is -1.08. The third-order valence-corrected chi connectivity index (χ3v) is 20.8. The van der Waals surface area contributed by atoms with Gasteiger partial charge in [-0.1, -0.05) is 169 Å². The molecule has 0 saturated heterocycles. The molecule has 0 N–H and O–H groups in total. The van der Waals surface area contributed by atoms with Crippen molar-refractivity contribution in [2.24, 2.45) is 0 Å². The van der Waals surface area contributed by atoms with Gasteiger partial charge in [-0.25, -0.2) is 0 Å². The first kappa shape index (κ1) is 53.0. The molecular weight excluding hydrogens is 955 g/mol. The Bertz CT molecular complexity index is 2640. The fourth-order valence-electron chi connectivity index (χ4n) is 8.58. The van der Waals surface area contributed by atoms with Crippen molar-refractivity contribution in [3.63, 3.8) is 0 Å². The average Bonchev–Trinajstić information content (AvgIpc) is 3.39. The van der Waals surface area contributed by atoms with Crippen LogP contribution in [-0.2, 0) is 24.7 Å². The maximum Gasteiger partial charge on any atom is 0.416 e. The van der Waals surface area contributed by atoms with Crippen molar-refractivity contribution in [1.82, 2.24) is 0 Å². The first-order valence-electron chi connectivity index (χ1n) is 23.1. The number of hydrogen-bond acceptors (Lipinski definition) is 3. The Labute approximate surface area is 419 Å². The third-order valence-electron chi connectivity index (χ3n) is 12.1. The van der Waals surface area contributed by atoms with E-state index in [1.54, 1.807) is 0 Å². The Kier molecular flexibility index (Phi) is 17.7. The summed E-state index contributed by atoms with van der Waals surface area (Å²) in [6.07, 6.45) is -8.04. The summed E-state index contributed by atoms with van der Waals surface area (Å²) in [6.45, 7) is 4.30. The predicted molar refractivity (Wildman–Crippen MR) is 283 cm³/mol. The Morgan fingerprint density at radius 2 is 0.597 bits per heavy atom. The van der Waals surface area contributed by atoms with Gasteiger partial charge in [0.2, 0.25) is 0 Å². The molecule has 9 aromatic rings. The maximum absolute atomic E-state index is 12.3. The van der Waals surface area contributed by atoms with Crippen molar-refractivity contribution in [2.45, 2.75) is 38.5 Å². The molecule has 0 unspecified atom stereocenters. The summed E-state index contributed by atoms with van der Waals surface area (Å²) in [7, 11) is -6.60. The Balaban J connectivity index is 0.000000162. The summed E-state index contributed by atoms with van der Waals surface area (Å²) < 4.78 is 77.5. The first-order valence-corrected chi connectivity index (χ1v) is 27.0. The smallest absolute Gasteiger partial charge is 0.416 e. The lowest BCUT2D eigenvalue weighted by atomic mass is 10.1. The van der Waals surface area contributed by atoms with Gasteiger partial charge in [-0.15, -0.1) is 0 Å². The highest BCUT2D eigenvalue weighted by Crippen LogP contribution is 2.59. The normalized spacial score (nSPS) is 11.6. The van der Waals surface area contributed by atoms with Crippen LogP contribution in [0.2, 0.25) is 0 Å². The molecule has 364 valence electrons. The minimum atomic E-state index is -5.05. The highest BCUT2D eigenvalue weighted by molar-refractivity contribution is 7.95. The Hall–Kier alpha value is -6.80. The van der Waals surface area contributed by atoms with E-state index in [2.05, 4.69) is 249 Å². The first-order chi connectivity index (χ1) is 34.6. The molecule has 0 atom stereocenters. The molecule has 0 saturated carbocycles. The van der Waals surface area contributed by atoms with Gasteiger partial charge in [-0.3, -0.25) is 0 Å². The van der Waals surface area contributed by atoms with Crippen LogP contribution in [0.4, 0.5) is 26.3 Å². The minimum Gasteiger partial charge on any atom is -0.860 e. The SMILES string of the molecule is Cc1ccc(C[P+](c2ccccc2)(c2ccccc2)c2ccccc2)cc1.Cc1ccc(C[P+](c2ccccc2)(c2ccccc2)c2ccccc2)cc1.[O-]B([O-])Oc1cc(C(F)(F)F)cc(C(F)(F)F)c1. The highest BCUT2D eigenvalue weighted by Gasteiger charge is 2.46. The van der Waals surface area contributed by atoms with Crippen LogP contribution in [0.1, 0.15) is 33.4 Å². The third kappa shape index (κ3) is 13.4. The lowest BCUT2D eigenvalue weighted by molar-refractivity contribution is -0.372. The standard InChI is InChI=1S/2C26H24P.C8H3BF6O3/c2*1-22-17-19-23(20-18-22)21-27(24-11-5-2-6-12-24,25-13-7-3-8-14-25)26-15-9-4-10-16-26;10-7(11,12)4-1-5(8(13,14)15)3-6(2-4)18-9(16)17/h2*2-20H,21H2,1H3;1-3H/q2*+1;-2. The quantitative estimate of drug-likeness (QED) is 0.0696. The van der Waals surface area contributed by atoms with Gasteiger partial charge in [0.1, 0.15) is 53.7 Å². The van der Waals surface area contributed by atoms with Crippen molar-refractivity contribution in [3.05, 3.63) is 282 Å². The maximum atomic E-state index is 12.3. The van der Waals surface area contributed by atoms with E-state index in [1.165, 1.54) is 54.1 Å². The zero-order chi connectivity index (χ0) is 51.2. The molecule has 9 rings (SSSR count). The summed E-state index contributed by atoms with van der Waals surface area (Å²) in [5.41, 5.74) is 2.08. The van der Waals surface area contributed by atoms with Gasteiger partial charge in [0.25, 0.3) is 0 Å². The topological polar surface area (TPSA) is 55.3 Å². The molecule has 3 nitrogen and oxygen atoms in total. The molecule has 12 heteroatoms. The van der Waals surface area contributed by atoms with Gasteiger partial charge in [-0.2, -0.15) is 26.3 Å². The average molecular weight is 1010 g/mol. The van der Waals surface area contributed by atoms with E-state index in [-0.39, 0.29) is 18.2 Å². The molecule has 0 bridgehead atoms. The molecule has 0 aliphatic rings. The summed E-state index contributed by atoms with van der Waals surface area (Å²) >= 11 is 0. The number of benzene rings is 9. The van der Waals surface area contributed by atoms with E-state index in [1.807, 2.05) is 0 Å². The van der Waals surface area contributed by atoms with Crippen LogP contribution in [-0.4, -0.2) is 7.32 Å². The van der Waals surface area contributed by atoms with Crippen molar-refractivity contribution in [1.29, 1.82) is 0 Å². The second kappa shape index (κ2) is 24.1. The van der Waals surface area contributed by atoms with E-state index in [0.717, 1.165) is 12.3 Å². The lowest BCUT2D eigenvalue weighted by Crippen LogP contribution is -2.50. The van der Waals surface area contributed by atoms with E-state index in [0.29, 0.717) is 0 Å². The van der Waals surface area contributed by atoms with Crippen LogP contribution in [0.25, 0.3) is 0 Å². The van der Waals surface area contributed by atoms with Gasteiger partial charge < -0.3 is 14.7 Å². The lowest BCUT2D eigenvalue weighted by Gasteiger charge is -2.27. The largest absolute Gasteiger partial charge is 0.860 e. The molecule has 0 aliphatic carbocycles. The van der Waals surface area contributed by atoms with Crippen LogP contribution in [0, 0.1) is 13.8 Å². The van der Waals surface area contributed by atoms with Crippen LogP contribution < -0.4 is 46.5 Å². The van der Waals surface area contributed by atoms with Crippen LogP contribution in [0.3, 0.4) is 0 Å². The number of aryl methyl sites for hydroxylation is 2. The monoisotopic (exact) mass is 1010 g/mol. The second-order valence-electron chi connectivity index (χ2n) is 17.1. The van der Waals surface area contributed by atoms with E-state index in [9.17, 15) is 36.4 Å².